The van der Waals surface area contributed by atoms with E-state index in [1.807, 2.05) is 12.3 Å². The second-order valence-corrected chi connectivity index (χ2v) is 11.3. The molecule has 7 aromatic carbocycles. The van der Waals surface area contributed by atoms with Gasteiger partial charge >= 0.3 is 0 Å². The van der Waals surface area contributed by atoms with Crippen LogP contribution in [0.25, 0.3) is 82.2 Å². The van der Waals surface area contributed by atoms with Crippen molar-refractivity contribution in [1.82, 2.24) is 9.55 Å². The highest BCUT2D eigenvalue weighted by Gasteiger charge is 2.20. The zero-order valence-corrected chi connectivity index (χ0v) is 23.8. The molecule has 0 aliphatic carbocycles. The average Bonchev–Trinajstić information content (AvgIpc) is 3.68. The lowest BCUT2D eigenvalue weighted by Crippen LogP contribution is -1.99. The molecule has 0 bridgehead atoms. The number of aromatic nitrogens is 2. The summed E-state index contributed by atoms with van der Waals surface area (Å²) in [5.74, 6) is 0. The number of fused-ring (bicyclic) bond motifs is 6. The molecule has 0 radical (unpaired) electrons. The van der Waals surface area contributed by atoms with Gasteiger partial charge in [0.15, 0.2) is 0 Å². The van der Waals surface area contributed by atoms with Crippen molar-refractivity contribution in [2.24, 2.45) is 0 Å². The van der Waals surface area contributed by atoms with Crippen LogP contribution in [0.5, 0.6) is 0 Å². The molecule has 0 aliphatic heterocycles. The summed E-state index contributed by atoms with van der Waals surface area (Å²) in [5.41, 5.74) is 8.17. The Morgan fingerprint density at radius 1 is 0.500 bits per heavy atom. The molecular formula is C41H25N3. The lowest BCUT2D eigenvalue weighted by molar-refractivity contribution is 1.13. The number of benzene rings is 7. The Morgan fingerprint density at radius 2 is 1.07 bits per heavy atom. The molecule has 3 heteroatoms. The van der Waals surface area contributed by atoms with Crippen molar-refractivity contribution < 1.29 is 0 Å². The molecule has 3 nitrogen and oxygen atoms in total. The predicted molar refractivity (Wildman–Crippen MR) is 183 cm³/mol. The first kappa shape index (κ1) is 24.5. The third kappa shape index (κ3) is 3.49. The maximum Gasteiger partial charge on any atom is 0.123 e. The van der Waals surface area contributed by atoms with E-state index < -0.39 is 0 Å². The normalized spacial score (nSPS) is 11.6. The predicted octanol–water partition coefficient (Wildman–Crippen LogP) is 10.8. The number of nitrogens with one attached hydrogen (secondary N) is 1. The van der Waals surface area contributed by atoms with Gasteiger partial charge in [-0.15, -0.1) is 0 Å². The van der Waals surface area contributed by atoms with Gasteiger partial charge in [0.05, 0.1) is 16.8 Å². The van der Waals surface area contributed by atoms with Gasteiger partial charge in [-0.25, -0.2) is 0 Å². The van der Waals surface area contributed by atoms with E-state index in [2.05, 4.69) is 149 Å². The molecule has 1 N–H and O–H groups in total. The molecule has 44 heavy (non-hydrogen) atoms. The van der Waals surface area contributed by atoms with E-state index in [-0.39, 0.29) is 0 Å². The number of nitrogens with zero attached hydrogens (tertiary/aromatic N) is 2. The van der Waals surface area contributed by atoms with Gasteiger partial charge in [0.25, 0.3) is 0 Å². The molecule has 0 amide bonds. The van der Waals surface area contributed by atoms with Gasteiger partial charge in [-0.1, -0.05) is 109 Å². The van der Waals surface area contributed by atoms with Gasteiger partial charge in [-0.3, -0.25) is 4.57 Å². The van der Waals surface area contributed by atoms with Crippen molar-refractivity contribution in [3.05, 3.63) is 151 Å². The summed E-state index contributed by atoms with van der Waals surface area (Å²) in [7, 11) is 0. The first-order valence-electron chi connectivity index (χ1n) is 14.8. The fourth-order valence-corrected chi connectivity index (χ4v) is 7.10. The van der Waals surface area contributed by atoms with Gasteiger partial charge in [0.2, 0.25) is 0 Å². The summed E-state index contributed by atoms with van der Waals surface area (Å²) in [6.45, 7) is 0. The van der Waals surface area contributed by atoms with Gasteiger partial charge in [0.1, 0.15) is 11.7 Å². The van der Waals surface area contributed by atoms with Crippen molar-refractivity contribution in [3.8, 4) is 34.0 Å². The standard InChI is InChI=1S/C41H25N3/c42-25-30-24-29(19-20-37(30)44-38-16-8-7-11-31(38)36-21-22-43-41(36)44)40-34-14-5-3-12-32(34)39(33-13-4-6-15-35(33)40)28-18-17-26-9-1-2-10-27(26)23-28/h1-24,43H. The van der Waals surface area contributed by atoms with Gasteiger partial charge in [-0.05, 0) is 84.9 Å². The fourth-order valence-electron chi connectivity index (χ4n) is 7.10. The highest BCUT2D eigenvalue weighted by molar-refractivity contribution is 6.21. The lowest BCUT2D eigenvalue weighted by atomic mass is 9.85. The van der Waals surface area contributed by atoms with E-state index in [0.717, 1.165) is 38.8 Å². The maximum absolute atomic E-state index is 10.5. The maximum atomic E-state index is 10.5. The van der Waals surface area contributed by atoms with E-state index in [4.69, 9.17) is 0 Å². The number of hydrogen-bond acceptors (Lipinski definition) is 1. The topological polar surface area (TPSA) is 44.5 Å². The van der Waals surface area contributed by atoms with Crippen LogP contribution in [-0.2, 0) is 0 Å². The van der Waals surface area contributed by atoms with Crippen molar-refractivity contribution in [2.75, 3.05) is 0 Å². The molecule has 9 aromatic rings. The van der Waals surface area contributed by atoms with Crippen LogP contribution in [0.2, 0.25) is 0 Å². The van der Waals surface area contributed by atoms with E-state index in [1.54, 1.807) is 0 Å². The summed E-state index contributed by atoms with van der Waals surface area (Å²) in [4.78, 5) is 3.41. The summed E-state index contributed by atoms with van der Waals surface area (Å²) in [5, 5.41) is 20.0. The Bertz CT molecular complexity index is 2570. The number of nitriles is 1. The minimum absolute atomic E-state index is 0.631. The molecule has 0 saturated heterocycles. The van der Waals surface area contributed by atoms with Crippen molar-refractivity contribution in [1.29, 1.82) is 5.26 Å². The lowest BCUT2D eigenvalue weighted by Gasteiger charge is -2.19. The number of aromatic amines is 1. The van der Waals surface area contributed by atoms with Crippen molar-refractivity contribution in [2.45, 2.75) is 0 Å². The summed E-state index contributed by atoms with van der Waals surface area (Å²) < 4.78 is 2.17. The zero-order chi connectivity index (χ0) is 29.2. The van der Waals surface area contributed by atoms with Crippen molar-refractivity contribution >= 4 is 54.3 Å². The van der Waals surface area contributed by atoms with Crippen LogP contribution in [0.3, 0.4) is 0 Å². The first-order valence-corrected chi connectivity index (χ1v) is 14.8. The Morgan fingerprint density at radius 3 is 1.75 bits per heavy atom. The molecule has 0 atom stereocenters. The Labute approximate surface area is 253 Å². The third-order valence-electron chi connectivity index (χ3n) is 9.00. The average molecular weight is 560 g/mol. The quantitative estimate of drug-likeness (QED) is 0.215. The van der Waals surface area contributed by atoms with Gasteiger partial charge < -0.3 is 4.98 Å². The molecule has 0 spiro atoms. The molecular weight excluding hydrogens is 534 g/mol. The monoisotopic (exact) mass is 559 g/mol. The van der Waals surface area contributed by atoms with Gasteiger partial charge in [0, 0.05) is 17.0 Å². The summed E-state index contributed by atoms with van der Waals surface area (Å²) in [6.07, 6.45) is 1.96. The number of para-hydroxylation sites is 1. The molecule has 0 fully saturated rings. The van der Waals surface area contributed by atoms with Crippen molar-refractivity contribution in [3.63, 3.8) is 0 Å². The van der Waals surface area contributed by atoms with Crippen LogP contribution in [0.15, 0.2) is 146 Å². The van der Waals surface area contributed by atoms with Crippen LogP contribution in [0, 0.1) is 11.3 Å². The van der Waals surface area contributed by atoms with Gasteiger partial charge in [-0.2, -0.15) is 5.26 Å². The molecule has 2 aromatic heterocycles. The van der Waals surface area contributed by atoms with E-state index >= 15 is 0 Å². The SMILES string of the molecule is N#Cc1cc(-c2c3ccccc3c(-c3ccc4ccccc4c3)c3ccccc23)ccc1-n1c2ccccc2c2cc[nH]c21. The highest BCUT2D eigenvalue weighted by Crippen LogP contribution is 2.44. The van der Waals surface area contributed by atoms with Crippen LogP contribution >= 0.6 is 0 Å². The van der Waals surface area contributed by atoms with Crippen LogP contribution in [0.1, 0.15) is 5.56 Å². The molecule has 0 unspecified atom stereocenters. The second kappa shape index (κ2) is 9.46. The number of H-pyrrole nitrogens is 1. The Hall–Kier alpha value is -6.11. The van der Waals surface area contributed by atoms with Crippen LogP contribution in [-0.4, -0.2) is 9.55 Å². The van der Waals surface area contributed by atoms with Crippen LogP contribution in [0.4, 0.5) is 0 Å². The summed E-state index contributed by atoms with van der Waals surface area (Å²) >= 11 is 0. The van der Waals surface area contributed by atoms with E-state index in [9.17, 15) is 5.26 Å². The smallest absolute Gasteiger partial charge is 0.123 e. The fraction of sp³-hybridized carbons (Fsp3) is 0. The second-order valence-electron chi connectivity index (χ2n) is 11.3. The highest BCUT2D eigenvalue weighted by atomic mass is 15.0. The number of rotatable bonds is 3. The first-order chi connectivity index (χ1) is 21.8. The third-order valence-corrected chi connectivity index (χ3v) is 9.00. The van der Waals surface area contributed by atoms with Crippen LogP contribution < -0.4 is 0 Å². The molecule has 9 rings (SSSR count). The minimum atomic E-state index is 0.631. The number of hydrogen-bond donors (Lipinski definition) is 1. The minimum Gasteiger partial charge on any atom is -0.347 e. The Kier molecular flexibility index (Phi) is 5.26. The largest absolute Gasteiger partial charge is 0.347 e. The Balaban J connectivity index is 1.32. The molecule has 204 valence electrons. The molecule has 2 heterocycles. The zero-order valence-electron chi connectivity index (χ0n) is 23.8. The summed E-state index contributed by atoms with van der Waals surface area (Å²) in [6, 6.07) is 51.9. The van der Waals surface area contributed by atoms with E-state index in [1.165, 1.54) is 43.4 Å². The molecule has 0 aliphatic rings. The molecule has 0 saturated carbocycles. The van der Waals surface area contributed by atoms with E-state index in [0.29, 0.717) is 5.56 Å².